The Labute approximate surface area is 134 Å². The molecular formula is C18H11F4NO. The van der Waals surface area contributed by atoms with Gasteiger partial charge in [0, 0.05) is 22.4 Å². The van der Waals surface area contributed by atoms with Gasteiger partial charge in [0.1, 0.15) is 0 Å². The van der Waals surface area contributed by atoms with Crippen molar-refractivity contribution in [2.24, 2.45) is 0 Å². The van der Waals surface area contributed by atoms with E-state index in [1.807, 2.05) is 0 Å². The number of rotatable bonds is 2. The lowest BCUT2D eigenvalue weighted by Crippen LogP contribution is -1.97. The largest absolute Gasteiger partial charge is 0.505 e. The second-order valence-corrected chi connectivity index (χ2v) is 5.17. The molecule has 0 atom stereocenters. The Balaban J connectivity index is 2.15. The summed E-state index contributed by atoms with van der Waals surface area (Å²) in [5, 5.41) is 9.12. The molecule has 0 aliphatic rings. The molecule has 0 spiro atoms. The van der Waals surface area contributed by atoms with Crippen molar-refractivity contribution in [1.82, 2.24) is 0 Å². The third-order valence-corrected chi connectivity index (χ3v) is 3.66. The van der Waals surface area contributed by atoms with Crippen LogP contribution in [-0.2, 0) is 0 Å². The van der Waals surface area contributed by atoms with E-state index in [1.54, 1.807) is 0 Å². The molecule has 0 radical (unpaired) electrons. The van der Waals surface area contributed by atoms with Crippen LogP contribution in [0.25, 0.3) is 22.3 Å². The first-order valence-corrected chi connectivity index (χ1v) is 6.91. The Morgan fingerprint density at radius 2 is 1.04 bits per heavy atom. The molecule has 0 heterocycles. The molecule has 3 N–H and O–H groups in total. The summed E-state index contributed by atoms with van der Waals surface area (Å²) in [4.78, 5) is 0. The average molecular weight is 333 g/mol. The predicted octanol–water partition coefficient (Wildman–Crippen LogP) is 4.86. The Morgan fingerprint density at radius 1 is 0.583 bits per heavy atom. The smallest absolute Gasteiger partial charge is 0.200 e. The fourth-order valence-corrected chi connectivity index (χ4v) is 2.39. The van der Waals surface area contributed by atoms with Crippen molar-refractivity contribution < 1.29 is 22.7 Å². The number of halogens is 4. The SMILES string of the molecule is Nc1ccc(-c2ccc(-c3ccc(O)c(F)c3F)c(F)c2F)cc1. The summed E-state index contributed by atoms with van der Waals surface area (Å²) < 4.78 is 56.1. The summed E-state index contributed by atoms with van der Waals surface area (Å²) in [6.45, 7) is 0. The van der Waals surface area contributed by atoms with Gasteiger partial charge in [0.2, 0.25) is 5.82 Å². The second-order valence-electron chi connectivity index (χ2n) is 5.17. The first-order chi connectivity index (χ1) is 11.4. The third-order valence-electron chi connectivity index (χ3n) is 3.66. The van der Waals surface area contributed by atoms with Gasteiger partial charge in [-0.25, -0.2) is 13.2 Å². The highest BCUT2D eigenvalue weighted by molar-refractivity contribution is 5.73. The molecule has 0 bridgehead atoms. The topological polar surface area (TPSA) is 46.2 Å². The molecule has 0 amide bonds. The van der Waals surface area contributed by atoms with Gasteiger partial charge in [-0.3, -0.25) is 0 Å². The molecule has 0 unspecified atom stereocenters. The molecule has 6 heteroatoms. The van der Waals surface area contributed by atoms with Gasteiger partial charge in [-0.15, -0.1) is 0 Å². The number of nitrogen functional groups attached to an aromatic ring is 1. The number of phenolic OH excluding ortho intramolecular Hbond substituents is 1. The van der Waals surface area contributed by atoms with Crippen LogP contribution in [0.5, 0.6) is 5.75 Å². The van der Waals surface area contributed by atoms with E-state index in [1.165, 1.54) is 30.3 Å². The van der Waals surface area contributed by atoms with E-state index >= 15 is 0 Å². The van der Waals surface area contributed by atoms with Gasteiger partial charge in [0.15, 0.2) is 23.2 Å². The minimum atomic E-state index is -1.52. The highest BCUT2D eigenvalue weighted by Gasteiger charge is 2.21. The van der Waals surface area contributed by atoms with Crippen LogP contribution >= 0.6 is 0 Å². The Kier molecular flexibility index (Phi) is 3.89. The van der Waals surface area contributed by atoms with E-state index in [0.29, 0.717) is 11.3 Å². The summed E-state index contributed by atoms with van der Waals surface area (Å²) in [6, 6.07) is 10.4. The number of hydrogen-bond donors (Lipinski definition) is 2. The zero-order valence-corrected chi connectivity index (χ0v) is 12.2. The van der Waals surface area contributed by atoms with Gasteiger partial charge >= 0.3 is 0 Å². The van der Waals surface area contributed by atoms with Crippen LogP contribution < -0.4 is 5.73 Å². The summed E-state index contributed by atoms with van der Waals surface area (Å²) in [6.07, 6.45) is 0. The maximum absolute atomic E-state index is 14.4. The van der Waals surface area contributed by atoms with Crippen LogP contribution in [-0.4, -0.2) is 5.11 Å². The number of nitrogens with two attached hydrogens (primary N) is 1. The number of aromatic hydroxyl groups is 1. The third kappa shape index (κ3) is 2.56. The van der Waals surface area contributed by atoms with Crippen molar-refractivity contribution in [3.63, 3.8) is 0 Å². The molecule has 0 saturated carbocycles. The summed E-state index contributed by atoms with van der Waals surface area (Å²) in [5.41, 5.74) is 5.46. The van der Waals surface area contributed by atoms with Gasteiger partial charge in [0.25, 0.3) is 0 Å². The van der Waals surface area contributed by atoms with E-state index < -0.39 is 40.1 Å². The average Bonchev–Trinajstić information content (AvgIpc) is 2.57. The maximum atomic E-state index is 14.4. The van der Waals surface area contributed by atoms with Gasteiger partial charge in [-0.05, 0) is 29.8 Å². The van der Waals surface area contributed by atoms with Crippen LogP contribution in [0.15, 0.2) is 48.5 Å². The molecule has 0 aliphatic heterocycles. The van der Waals surface area contributed by atoms with Crippen molar-refractivity contribution in [3.8, 4) is 28.0 Å². The van der Waals surface area contributed by atoms with Crippen LogP contribution in [0.2, 0.25) is 0 Å². The highest BCUT2D eigenvalue weighted by Crippen LogP contribution is 2.35. The van der Waals surface area contributed by atoms with Gasteiger partial charge in [0.05, 0.1) is 0 Å². The molecule has 3 aromatic carbocycles. The zero-order chi connectivity index (χ0) is 17.4. The van der Waals surface area contributed by atoms with E-state index in [9.17, 15) is 17.6 Å². The van der Waals surface area contributed by atoms with Crippen LogP contribution in [0.4, 0.5) is 23.2 Å². The van der Waals surface area contributed by atoms with E-state index in [0.717, 1.165) is 18.2 Å². The minimum Gasteiger partial charge on any atom is -0.505 e. The lowest BCUT2D eigenvalue weighted by atomic mass is 9.98. The van der Waals surface area contributed by atoms with E-state index in [-0.39, 0.29) is 5.56 Å². The standard InChI is InChI=1S/C18H11F4NO/c19-15-11(9-1-3-10(23)4-2-9)5-6-12(16(15)20)13-7-8-14(24)18(22)17(13)21/h1-8,24H,23H2. The molecule has 122 valence electrons. The first-order valence-electron chi connectivity index (χ1n) is 6.91. The van der Waals surface area contributed by atoms with Crippen molar-refractivity contribution in [1.29, 1.82) is 0 Å². The van der Waals surface area contributed by atoms with E-state index in [2.05, 4.69) is 0 Å². The second kappa shape index (κ2) is 5.88. The van der Waals surface area contributed by atoms with Gasteiger partial charge in [-0.1, -0.05) is 24.3 Å². The molecule has 0 fully saturated rings. The lowest BCUT2D eigenvalue weighted by molar-refractivity contribution is 0.408. The fourth-order valence-electron chi connectivity index (χ4n) is 2.39. The molecule has 0 aromatic heterocycles. The molecule has 24 heavy (non-hydrogen) atoms. The Morgan fingerprint density at radius 3 is 1.67 bits per heavy atom. The molecule has 0 aliphatic carbocycles. The summed E-state index contributed by atoms with van der Waals surface area (Å²) in [7, 11) is 0. The van der Waals surface area contributed by atoms with Crippen molar-refractivity contribution >= 4 is 5.69 Å². The number of anilines is 1. The van der Waals surface area contributed by atoms with Crippen molar-refractivity contribution in [2.75, 3.05) is 5.73 Å². The van der Waals surface area contributed by atoms with E-state index in [4.69, 9.17) is 10.8 Å². The number of phenols is 1. The normalized spacial score (nSPS) is 10.8. The molecule has 0 saturated heterocycles. The minimum absolute atomic E-state index is 0.0316. The molecule has 2 nitrogen and oxygen atoms in total. The lowest BCUT2D eigenvalue weighted by Gasteiger charge is -2.11. The summed E-state index contributed by atoms with van der Waals surface area (Å²) >= 11 is 0. The molecule has 3 rings (SSSR count). The van der Waals surface area contributed by atoms with Crippen LogP contribution in [0, 0.1) is 23.3 Å². The number of benzene rings is 3. The Bertz CT molecular complexity index is 923. The Hall–Kier alpha value is -3.02. The maximum Gasteiger partial charge on any atom is 0.200 e. The monoisotopic (exact) mass is 333 g/mol. The summed E-state index contributed by atoms with van der Waals surface area (Å²) in [5.74, 6) is -6.38. The molecular weight excluding hydrogens is 322 g/mol. The quantitative estimate of drug-likeness (QED) is 0.519. The zero-order valence-electron chi connectivity index (χ0n) is 12.2. The van der Waals surface area contributed by atoms with Crippen LogP contribution in [0.1, 0.15) is 0 Å². The molecule has 3 aromatic rings. The van der Waals surface area contributed by atoms with Crippen LogP contribution in [0.3, 0.4) is 0 Å². The highest BCUT2D eigenvalue weighted by atomic mass is 19.2. The number of hydrogen-bond acceptors (Lipinski definition) is 2. The predicted molar refractivity (Wildman–Crippen MR) is 83.2 cm³/mol. The first kappa shape index (κ1) is 15.9. The van der Waals surface area contributed by atoms with Crippen molar-refractivity contribution in [3.05, 3.63) is 71.8 Å². The van der Waals surface area contributed by atoms with Gasteiger partial charge in [-0.2, -0.15) is 4.39 Å². The van der Waals surface area contributed by atoms with Crippen molar-refractivity contribution in [2.45, 2.75) is 0 Å². The van der Waals surface area contributed by atoms with Gasteiger partial charge < -0.3 is 10.8 Å². The fraction of sp³-hybridized carbons (Fsp3) is 0.